The molecule has 0 spiro atoms. The maximum absolute atomic E-state index is 13.2. The van der Waals surface area contributed by atoms with Crippen LogP contribution in [0.4, 0.5) is 0 Å². The van der Waals surface area contributed by atoms with Crippen molar-refractivity contribution in [1.29, 1.82) is 0 Å². The van der Waals surface area contributed by atoms with Crippen LogP contribution < -0.4 is 5.56 Å². The molecule has 0 radical (unpaired) electrons. The van der Waals surface area contributed by atoms with Gasteiger partial charge in [0.1, 0.15) is 18.2 Å². The van der Waals surface area contributed by atoms with E-state index in [9.17, 15) is 9.59 Å². The van der Waals surface area contributed by atoms with Crippen LogP contribution in [0.2, 0.25) is 0 Å². The van der Waals surface area contributed by atoms with E-state index in [0.717, 1.165) is 38.2 Å². The van der Waals surface area contributed by atoms with Crippen molar-refractivity contribution < 1.29 is 4.79 Å². The number of amides is 1. The van der Waals surface area contributed by atoms with Gasteiger partial charge in [-0.2, -0.15) is 5.10 Å². The molecule has 0 atom stereocenters. The number of hydrogen-bond acceptors (Lipinski definition) is 5. The third-order valence-corrected chi connectivity index (χ3v) is 5.84. The van der Waals surface area contributed by atoms with Gasteiger partial charge in [-0.1, -0.05) is 30.3 Å². The van der Waals surface area contributed by atoms with Gasteiger partial charge in [-0.25, -0.2) is 4.98 Å². The SMILES string of the molecule is Cc1ccn(CCc2ccccc2)c(=O)c1C(=O)N1CCN(CCn2cncn2)CC1. The summed E-state index contributed by atoms with van der Waals surface area (Å²) in [6.07, 6.45) is 5.79. The number of benzene rings is 1. The first-order valence-corrected chi connectivity index (χ1v) is 10.7. The van der Waals surface area contributed by atoms with Gasteiger partial charge in [-0.05, 0) is 30.5 Å². The highest BCUT2D eigenvalue weighted by molar-refractivity contribution is 5.95. The van der Waals surface area contributed by atoms with Crippen molar-refractivity contribution >= 4 is 5.91 Å². The van der Waals surface area contributed by atoms with E-state index in [0.29, 0.717) is 25.2 Å². The molecule has 8 heteroatoms. The molecule has 162 valence electrons. The highest BCUT2D eigenvalue weighted by Crippen LogP contribution is 2.11. The van der Waals surface area contributed by atoms with Crippen LogP contribution in [-0.4, -0.2) is 67.8 Å². The average Bonchev–Trinajstić information content (AvgIpc) is 3.32. The Balaban J connectivity index is 1.38. The summed E-state index contributed by atoms with van der Waals surface area (Å²) in [7, 11) is 0. The number of nitrogens with zero attached hydrogens (tertiary/aromatic N) is 6. The Hall–Kier alpha value is -3.26. The molecule has 1 saturated heterocycles. The predicted octanol–water partition coefficient (Wildman–Crippen LogP) is 1.45. The summed E-state index contributed by atoms with van der Waals surface area (Å²) in [5.41, 5.74) is 2.01. The maximum Gasteiger partial charge on any atom is 0.263 e. The van der Waals surface area contributed by atoms with Crippen LogP contribution in [0.15, 0.2) is 60.0 Å². The van der Waals surface area contributed by atoms with Crippen molar-refractivity contribution in [3.05, 3.63) is 82.3 Å². The van der Waals surface area contributed by atoms with Gasteiger partial charge >= 0.3 is 0 Å². The van der Waals surface area contributed by atoms with Gasteiger partial charge in [0.25, 0.3) is 11.5 Å². The number of aromatic nitrogens is 4. The predicted molar refractivity (Wildman–Crippen MR) is 118 cm³/mol. The van der Waals surface area contributed by atoms with Gasteiger partial charge in [0, 0.05) is 45.5 Å². The Bertz CT molecular complexity index is 1050. The van der Waals surface area contributed by atoms with Gasteiger partial charge < -0.3 is 9.47 Å². The summed E-state index contributed by atoms with van der Waals surface area (Å²) in [5.74, 6) is -0.160. The monoisotopic (exact) mass is 420 g/mol. The van der Waals surface area contributed by atoms with E-state index < -0.39 is 0 Å². The second-order valence-electron chi connectivity index (χ2n) is 7.90. The van der Waals surface area contributed by atoms with Crippen LogP contribution in [0.1, 0.15) is 21.5 Å². The van der Waals surface area contributed by atoms with Crippen molar-refractivity contribution in [2.75, 3.05) is 32.7 Å². The fourth-order valence-corrected chi connectivity index (χ4v) is 3.92. The summed E-state index contributed by atoms with van der Waals surface area (Å²) in [6, 6.07) is 11.9. The number of hydrogen-bond donors (Lipinski definition) is 0. The van der Waals surface area contributed by atoms with Gasteiger partial charge in [0.05, 0.1) is 6.54 Å². The topological polar surface area (TPSA) is 76.3 Å². The van der Waals surface area contributed by atoms with Crippen LogP contribution in [0, 0.1) is 6.92 Å². The number of carbonyl (C=O) groups excluding carboxylic acids is 1. The minimum absolute atomic E-state index is 0.160. The van der Waals surface area contributed by atoms with Crippen LogP contribution in [-0.2, 0) is 19.5 Å². The Morgan fingerprint density at radius 3 is 2.48 bits per heavy atom. The summed E-state index contributed by atoms with van der Waals surface area (Å²) in [6.45, 7) is 6.84. The van der Waals surface area contributed by atoms with E-state index >= 15 is 0 Å². The van der Waals surface area contributed by atoms with E-state index in [1.54, 1.807) is 22.0 Å². The summed E-state index contributed by atoms with van der Waals surface area (Å²) >= 11 is 0. The van der Waals surface area contributed by atoms with Gasteiger partial charge in [-0.15, -0.1) is 0 Å². The molecule has 2 aromatic heterocycles. The molecule has 1 fully saturated rings. The van der Waals surface area contributed by atoms with E-state index in [1.807, 2.05) is 48.0 Å². The molecule has 31 heavy (non-hydrogen) atoms. The third kappa shape index (κ3) is 5.08. The fraction of sp³-hybridized carbons (Fsp3) is 0.391. The molecule has 8 nitrogen and oxygen atoms in total. The zero-order valence-corrected chi connectivity index (χ0v) is 17.9. The van der Waals surface area contributed by atoms with E-state index in [1.165, 1.54) is 11.9 Å². The molecule has 0 unspecified atom stereocenters. The van der Waals surface area contributed by atoms with Gasteiger partial charge in [-0.3, -0.25) is 19.2 Å². The van der Waals surface area contributed by atoms with Crippen LogP contribution in [0.5, 0.6) is 0 Å². The molecule has 3 heterocycles. The molecular formula is C23H28N6O2. The lowest BCUT2D eigenvalue weighted by Gasteiger charge is -2.34. The summed E-state index contributed by atoms with van der Waals surface area (Å²) in [5, 5.41) is 4.12. The molecule has 1 amide bonds. The zero-order chi connectivity index (χ0) is 21.6. The summed E-state index contributed by atoms with van der Waals surface area (Å²) < 4.78 is 3.46. The van der Waals surface area contributed by atoms with Crippen molar-refractivity contribution in [2.24, 2.45) is 0 Å². The van der Waals surface area contributed by atoms with E-state index in [4.69, 9.17) is 0 Å². The lowest BCUT2D eigenvalue weighted by Crippen LogP contribution is -2.50. The van der Waals surface area contributed by atoms with Gasteiger partial charge in [0.2, 0.25) is 0 Å². The molecule has 4 rings (SSSR count). The van der Waals surface area contributed by atoms with Crippen LogP contribution in [0.3, 0.4) is 0 Å². The Morgan fingerprint density at radius 1 is 1.00 bits per heavy atom. The molecule has 3 aromatic rings. The van der Waals surface area contributed by atoms with Crippen molar-refractivity contribution in [2.45, 2.75) is 26.4 Å². The highest BCUT2D eigenvalue weighted by Gasteiger charge is 2.25. The van der Waals surface area contributed by atoms with Gasteiger partial charge in [0.15, 0.2) is 0 Å². The molecular weight excluding hydrogens is 392 g/mol. The van der Waals surface area contributed by atoms with Crippen LogP contribution in [0.25, 0.3) is 0 Å². The minimum atomic E-state index is -0.199. The highest BCUT2D eigenvalue weighted by atomic mass is 16.2. The number of piperazine rings is 1. The minimum Gasteiger partial charge on any atom is -0.336 e. The van der Waals surface area contributed by atoms with Crippen molar-refractivity contribution in [1.82, 2.24) is 29.1 Å². The molecule has 1 aliphatic rings. The number of aryl methyl sites for hydroxylation is 3. The summed E-state index contributed by atoms with van der Waals surface area (Å²) in [4.78, 5) is 34.3. The normalized spacial score (nSPS) is 14.7. The second-order valence-corrected chi connectivity index (χ2v) is 7.90. The molecule has 0 saturated carbocycles. The lowest BCUT2D eigenvalue weighted by atomic mass is 10.1. The first-order valence-electron chi connectivity index (χ1n) is 10.7. The van der Waals surface area contributed by atoms with E-state index in [-0.39, 0.29) is 11.5 Å². The number of rotatable bonds is 7. The Labute approximate surface area is 181 Å². The zero-order valence-electron chi connectivity index (χ0n) is 17.9. The first kappa shape index (κ1) is 21.0. The fourth-order valence-electron chi connectivity index (χ4n) is 3.92. The molecule has 1 aromatic carbocycles. The largest absolute Gasteiger partial charge is 0.336 e. The number of pyridine rings is 1. The quantitative estimate of drug-likeness (QED) is 0.578. The van der Waals surface area contributed by atoms with E-state index in [2.05, 4.69) is 15.0 Å². The standard InChI is InChI=1S/C23H28N6O2/c1-19-7-9-27(10-8-20-5-3-2-4-6-20)22(30)21(19)23(31)28-14-11-26(12-15-28)13-16-29-18-24-17-25-29/h2-7,9,17-18H,8,10-16H2,1H3. The first-order chi connectivity index (χ1) is 15.1. The average molecular weight is 421 g/mol. The molecule has 0 bridgehead atoms. The third-order valence-electron chi connectivity index (χ3n) is 5.84. The second kappa shape index (κ2) is 9.70. The molecule has 0 aliphatic carbocycles. The smallest absolute Gasteiger partial charge is 0.263 e. The maximum atomic E-state index is 13.2. The van der Waals surface area contributed by atoms with Crippen LogP contribution >= 0.6 is 0 Å². The van der Waals surface area contributed by atoms with Crippen molar-refractivity contribution in [3.63, 3.8) is 0 Å². The molecule has 0 N–H and O–H groups in total. The number of carbonyl (C=O) groups is 1. The molecule has 1 aliphatic heterocycles. The van der Waals surface area contributed by atoms with Crippen molar-refractivity contribution in [3.8, 4) is 0 Å². The Morgan fingerprint density at radius 2 is 1.77 bits per heavy atom. The Kier molecular flexibility index (Phi) is 6.57. The lowest BCUT2D eigenvalue weighted by molar-refractivity contribution is 0.0628.